The zero-order chi connectivity index (χ0) is 20.4. The van der Waals surface area contributed by atoms with E-state index >= 15 is 0 Å². The van der Waals surface area contributed by atoms with Crippen LogP contribution in [-0.4, -0.2) is 29.0 Å². The van der Waals surface area contributed by atoms with Crippen molar-refractivity contribution in [2.45, 2.75) is 25.2 Å². The molecular formula is C22H23F3N2OS. The van der Waals surface area contributed by atoms with Crippen LogP contribution in [0.4, 0.5) is 13.2 Å². The molecule has 3 aromatic rings. The summed E-state index contributed by atoms with van der Waals surface area (Å²) in [5.74, 6) is 0.192. The maximum absolute atomic E-state index is 14.4. The molecule has 0 radical (unpaired) electrons. The number of aromatic nitrogens is 1. The van der Waals surface area contributed by atoms with E-state index in [1.165, 1.54) is 18.2 Å². The van der Waals surface area contributed by atoms with Gasteiger partial charge in [0.2, 0.25) is 0 Å². The summed E-state index contributed by atoms with van der Waals surface area (Å²) in [6, 6.07) is 8.36. The molecule has 1 aromatic heterocycles. The van der Waals surface area contributed by atoms with Gasteiger partial charge in [-0.2, -0.15) is 0 Å². The number of aliphatic hydroxyl groups excluding tert-OH is 1. The van der Waals surface area contributed by atoms with Crippen molar-refractivity contribution in [2.75, 3.05) is 18.9 Å². The summed E-state index contributed by atoms with van der Waals surface area (Å²) < 4.78 is 44.8. The molecule has 3 nitrogen and oxygen atoms in total. The lowest BCUT2D eigenvalue weighted by Gasteiger charge is -2.36. The number of hydrogen-bond donors (Lipinski definition) is 3. The molecule has 0 atom stereocenters. The average molecular weight is 421 g/mol. The highest BCUT2D eigenvalue weighted by atomic mass is 32.2. The lowest BCUT2D eigenvalue weighted by molar-refractivity contribution is 0.260. The van der Waals surface area contributed by atoms with Gasteiger partial charge in [0, 0.05) is 23.8 Å². The quantitative estimate of drug-likeness (QED) is 0.339. The molecule has 29 heavy (non-hydrogen) atoms. The summed E-state index contributed by atoms with van der Waals surface area (Å²) in [5.41, 5.74) is 2.73. The Balaban J connectivity index is 1.58. The fraction of sp³-hybridized carbons (Fsp3) is 0.364. The van der Waals surface area contributed by atoms with E-state index in [9.17, 15) is 13.2 Å². The Morgan fingerprint density at radius 1 is 1.07 bits per heavy atom. The largest absolute Gasteiger partial charge is 0.395 e. The van der Waals surface area contributed by atoms with E-state index < -0.39 is 11.6 Å². The molecule has 0 aliphatic heterocycles. The molecule has 1 heterocycles. The van der Waals surface area contributed by atoms with Gasteiger partial charge in [-0.15, -0.1) is 0 Å². The van der Waals surface area contributed by atoms with Crippen LogP contribution < -0.4 is 4.72 Å². The Labute approximate surface area is 171 Å². The highest BCUT2D eigenvalue weighted by molar-refractivity contribution is 7.97. The number of nitrogens with one attached hydrogen (secondary N) is 2. The number of H-pyrrole nitrogens is 1. The van der Waals surface area contributed by atoms with Crippen LogP contribution in [0.15, 0.2) is 36.4 Å². The van der Waals surface area contributed by atoms with Crippen LogP contribution in [0, 0.1) is 23.4 Å². The van der Waals surface area contributed by atoms with Gasteiger partial charge in [-0.05, 0) is 72.6 Å². The molecule has 1 aliphatic rings. The predicted octanol–water partition coefficient (Wildman–Crippen LogP) is 5.37. The normalized spacial score (nSPS) is 18.9. The Kier molecular flexibility index (Phi) is 6.18. The van der Waals surface area contributed by atoms with Gasteiger partial charge in [0.25, 0.3) is 0 Å². The van der Waals surface area contributed by atoms with Crippen molar-refractivity contribution in [1.82, 2.24) is 9.71 Å². The summed E-state index contributed by atoms with van der Waals surface area (Å²) in [7, 11) is 0. The van der Waals surface area contributed by atoms with Gasteiger partial charge in [0.05, 0.1) is 17.8 Å². The second-order valence-corrected chi connectivity index (χ2v) is 8.51. The minimum absolute atomic E-state index is 0.123. The Morgan fingerprint density at radius 2 is 1.83 bits per heavy atom. The van der Waals surface area contributed by atoms with Crippen molar-refractivity contribution in [2.24, 2.45) is 5.92 Å². The smallest absolute Gasteiger partial charge is 0.150 e. The fourth-order valence-electron chi connectivity index (χ4n) is 4.13. The second-order valence-electron chi connectivity index (χ2n) is 7.52. The first kappa shape index (κ1) is 20.3. The summed E-state index contributed by atoms with van der Waals surface area (Å²) in [5, 5.41) is 9.35. The predicted molar refractivity (Wildman–Crippen MR) is 111 cm³/mol. The van der Waals surface area contributed by atoms with Crippen molar-refractivity contribution in [3.63, 3.8) is 0 Å². The van der Waals surface area contributed by atoms with Crippen LogP contribution in [0.2, 0.25) is 0 Å². The summed E-state index contributed by atoms with van der Waals surface area (Å²) in [6.07, 6.45) is 2.97. The van der Waals surface area contributed by atoms with E-state index in [1.54, 1.807) is 24.1 Å². The van der Waals surface area contributed by atoms with Gasteiger partial charge in [-0.1, -0.05) is 11.9 Å². The Morgan fingerprint density at radius 3 is 2.55 bits per heavy atom. The van der Waals surface area contributed by atoms with E-state index in [-0.39, 0.29) is 18.3 Å². The second kappa shape index (κ2) is 8.81. The van der Waals surface area contributed by atoms with Crippen molar-refractivity contribution in [1.29, 1.82) is 0 Å². The number of halogens is 3. The van der Waals surface area contributed by atoms with Crippen LogP contribution >= 0.6 is 11.9 Å². The molecule has 154 valence electrons. The lowest BCUT2D eigenvalue weighted by Crippen LogP contribution is -2.23. The maximum atomic E-state index is 14.4. The molecule has 2 aromatic carbocycles. The monoisotopic (exact) mass is 420 g/mol. The number of fused-ring (bicyclic) bond motifs is 1. The zero-order valence-electron chi connectivity index (χ0n) is 15.9. The van der Waals surface area contributed by atoms with Gasteiger partial charge in [-0.3, -0.25) is 4.72 Å². The third-order valence-electron chi connectivity index (χ3n) is 5.59. The van der Waals surface area contributed by atoms with Gasteiger partial charge in [0.15, 0.2) is 0 Å². The molecule has 4 rings (SSSR count). The lowest BCUT2D eigenvalue weighted by atomic mass is 9.69. The molecule has 3 N–H and O–H groups in total. The molecule has 0 spiro atoms. The maximum Gasteiger partial charge on any atom is 0.150 e. The molecule has 0 saturated heterocycles. The molecule has 0 amide bonds. The fourth-order valence-corrected chi connectivity index (χ4v) is 4.96. The Hall–Kier alpha value is -1.96. The number of rotatable bonds is 8. The van der Waals surface area contributed by atoms with Crippen LogP contribution in [0.3, 0.4) is 0 Å². The number of benzene rings is 2. The van der Waals surface area contributed by atoms with Crippen molar-refractivity contribution in [3.05, 3.63) is 59.4 Å². The van der Waals surface area contributed by atoms with E-state index in [2.05, 4.69) is 9.71 Å². The van der Waals surface area contributed by atoms with E-state index in [1.807, 2.05) is 0 Å². The standard InChI is InChI=1S/C22H23F3N2OS/c23-16-3-1-14(2-4-16)21-20(18-11-17(24)12-19(25)22(18)27-21)15-9-13(10-15)5-8-29-26-6-7-28/h1-4,11-13,15,26-28H,5-10H2. The van der Waals surface area contributed by atoms with Crippen LogP contribution in [0.5, 0.6) is 0 Å². The molecule has 1 aliphatic carbocycles. The summed E-state index contributed by atoms with van der Waals surface area (Å²) in [4.78, 5) is 3.12. The minimum Gasteiger partial charge on any atom is -0.395 e. The van der Waals surface area contributed by atoms with E-state index in [0.29, 0.717) is 23.4 Å². The molecule has 1 saturated carbocycles. The van der Waals surface area contributed by atoms with Gasteiger partial charge < -0.3 is 10.1 Å². The molecule has 0 unspecified atom stereocenters. The van der Waals surface area contributed by atoms with E-state index in [0.717, 1.165) is 47.9 Å². The molecule has 1 fully saturated rings. The van der Waals surface area contributed by atoms with Gasteiger partial charge in [-0.25, -0.2) is 13.2 Å². The number of aliphatic hydroxyl groups is 1. The summed E-state index contributed by atoms with van der Waals surface area (Å²) in [6.45, 7) is 0.698. The van der Waals surface area contributed by atoms with E-state index in [4.69, 9.17) is 5.11 Å². The van der Waals surface area contributed by atoms with Crippen LogP contribution in [-0.2, 0) is 0 Å². The third kappa shape index (κ3) is 4.32. The first-order valence-electron chi connectivity index (χ1n) is 9.79. The van der Waals surface area contributed by atoms with Gasteiger partial charge >= 0.3 is 0 Å². The molecular weight excluding hydrogens is 397 g/mol. The van der Waals surface area contributed by atoms with Crippen LogP contribution in [0.25, 0.3) is 22.2 Å². The average Bonchev–Trinajstić information content (AvgIpc) is 3.03. The molecule has 7 heteroatoms. The highest BCUT2D eigenvalue weighted by Gasteiger charge is 2.34. The third-order valence-corrected chi connectivity index (χ3v) is 6.43. The molecule has 0 bridgehead atoms. The van der Waals surface area contributed by atoms with Crippen LogP contribution in [0.1, 0.15) is 30.7 Å². The minimum atomic E-state index is -0.614. The number of hydrogen-bond acceptors (Lipinski definition) is 3. The first-order chi connectivity index (χ1) is 14.1. The highest BCUT2D eigenvalue weighted by Crippen LogP contribution is 2.49. The zero-order valence-corrected chi connectivity index (χ0v) is 16.7. The Bertz CT molecular complexity index is 984. The number of aromatic amines is 1. The van der Waals surface area contributed by atoms with Crippen molar-refractivity contribution < 1.29 is 18.3 Å². The summed E-state index contributed by atoms with van der Waals surface area (Å²) >= 11 is 1.61. The van der Waals surface area contributed by atoms with Crippen molar-refractivity contribution >= 4 is 22.9 Å². The topological polar surface area (TPSA) is 48.0 Å². The van der Waals surface area contributed by atoms with Gasteiger partial charge in [0.1, 0.15) is 17.5 Å². The SMILES string of the molecule is OCCNSCCC1CC(c2c(-c3ccc(F)cc3)[nH]c3c(F)cc(F)cc23)C1. The first-order valence-corrected chi connectivity index (χ1v) is 10.8. The van der Waals surface area contributed by atoms with Crippen molar-refractivity contribution in [3.8, 4) is 11.3 Å².